The van der Waals surface area contributed by atoms with Crippen LogP contribution in [0.5, 0.6) is 11.5 Å². The van der Waals surface area contributed by atoms with E-state index >= 15 is 0 Å². The number of likely N-dealkylation sites (N-methyl/N-ethyl adjacent to an activating group) is 1. The first-order chi connectivity index (χ1) is 12.9. The minimum Gasteiger partial charge on any atom is -0.494 e. The van der Waals surface area contributed by atoms with E-state index in [0.717, 1.165) is 0 Å². The van der Waals surface area contributed by atoms with Gasteiger partial charge in [-0.3, -0.25) is 9.59 Å². The third-order valence-electron chi connectivity index (χ3n) is 3.89. The average Bonchev–Trinajstić information content (AvgIpc) is 2.66. The highest BCUT2D eigenvalue weighted by atomic mass is 19.1. The number of amides is 2. The van der Waals surface area contributed by atoms with Gasteiger partial charge in [-0.25, -0.2) is 4.39 Å². The number of ether oxygens (including phenoxy) is 2. The van der Waals surface area contributed by atoms with E-state index in [1.165, 1.54) is 24.1 Å². The van der Waals surface area contributed by atoms with Crippen LogP contribution in [0.2, 0.25) is 0 Å². The molecule has 0 aromatic heterocycles. The van der Waals surface area contributed by atoms with Crippen LogP contribution in [-0.2, 0) is 11.3 Å². The van der Waals surface area contributed by atoms with Crippen molar-refractivity contribution in [1.29, 1.82) is 0 Å². The maximum Gasteiger partial charge on any atom is 0.251 e. The van der Waals surface area contributed by atoms with Crippen LogP contribution in [0.3, 0.4) is 0 Å². The number of carbonyl (C=O) groups excluding carboxylic acids is 2. The second-order valence-corrected chi connectivity index (χ2v) is 5.86. The van der Waals surface area contributed by atoms with Gasteiger partial charge in [-0.1, -0.05) is 6.07 Å². The molecule has 0 saturated heterocycles. The number of halogens is 1. The zero-order valence-electron chi connectivity index (χ0n) is 15.6. The van der Waals surface area contributed by atoms with Gasteiger partial charge in [0.25, 0.3) is 5.91 Å². The van der Waals surface area contributed by atoms with E-state index in [0.29, 0.717) is 23.5 Å². The monoisotopic (exact) mass is 374 g/mol. The van der Waals surface area contributed by atoms with Crippen molar-refractivity contribution in [2.24, 2.45) is 0 Å². The number of nitrogens with zero attached hydrogens (tertiary/aromatic N) is 1. The van der Waals surface area contributed by atoms with Gasteiger partial charge in [-0.05, 0) is 48.9 Å². The Bertz CT molecular complexity index is 793. The molecule has 0 unspecified atom stereocenters. The number of nitrogens with one attached hydrogen (secondary N) is 1. The lowest BCUT2D eigenvalue weighted by Crippen LogP contribution is -2.37. The molecule has 0 aliphatic heterocycles. The summed E-state index contributed by atoms with van der Waals surface area (Å²) in [5, 5.41) is 2.58. The van der Waals surface area contributed by atoms with Gasteiger partial charge in [-0.15, -0.1) is 0 Å². The van der Waals surface area contributed by atoms with E-state index < -0.39 is 5.82 Å². The Kier molecular flexibility index (Phi) is 7.16. The van der Waals surface area contributed by atoms with E-state index in [1.807, 2.05) is 6.92 Å². The molecule has 2 aromatic rings. The van der Waals surface area contributed by atoms with Crippen molar-refractivity contribution < 1.29 is 23.5 Å². The minimum atomic E-state index is -0.486. The zero-order chi connectivity index (χ0) is 19.8. The normalized spacial score (nSPS) is 10.2. The Morgan fingerprint density at radius 3 is 2.44 bits per heavy atom. The highest BCUT2D eigenvalue weighted by molar-refractivity contribution is 5.96. The van der Waals surface area contributed by atoms with Crippen LogP contribution in [0.15, 0.2) is 42.5 Å². The van der Waals surface area contributed by atoms with E-state index in [-0.39, 0.29) is 30.7 Å². The molecular weight excluding hydrogens is 351 g/mol. The van der Waals surface area contributed by atoms with Crippen molar-refractivity contribution in [3.8, 4) is 11.5 Å². The van der Waals surface area contributed by atoms with Crippen molar-refractivity contribution in [2.75, 3.05) is 27.3 Å². The molecule has 0 heterocycles. The average molecular weight is 374 g/mol. The zero-order valence-corrected chi connectivity index (χ0v) is 15.6. The Hall–Kier alpha value is -3.09. The summed E-state index contributed by atoms with van der Waals surface area (Å²) in [6, 6.07) is 11.2. The lowest BCUT2D eigenvalue weighted by molar-refractivity contribution is -0.129. The van der Waals surface area contributed by atoms with Crippen molar-refractivity contribution >= 4 is 11.8 Å². The van der Waals surface area contributed by atoms with Crippen LogP contribution in [0.25, 0.3) is 0 Å². The first kappa shape index (κ1) is 20.2. The molecule has 7 heteroatoms. The number of rotatable bonds is 8. The van der Waals surface area contributed by atoms with Crippen LogP contribution in [0.1, 0.15) is 22.8 Å². The highest BCUT2D eigenvalue weighted by Crippen LogP contribution is 2.18. The highest BCUT2D eigenvalue weighted by Gasteiger charge is 2.13. The molecule has 2 amide bonds. The second kappa shape index (κ2) is 9.56. The largest absolute Gasteiger partial charge is 0.494 e. The third-order valence-corrected chi connectivity index (χ3v) is 3.89. The Labute approximate surface area is 157 Å². The Balaban J connectivity index is 1.86. The van der Waals surface area contributed by atoms with Crippen LogP contribution >= 0.6 is 0 Å². The molecule has 0 spiro atoms. The summed E-state index contributed by atoms with van der Waals surface area (Å²) in [5.41, 5.74) is 1.06. The molecule has 0 aliphatic carbocycles. The molecule has 144 valence electrons. The Morgan fingerprint density at radius 1 is 1.15 bits per heavy atom. The molecular formula is C20H23FN2O4. The number of hydrogen-bond donors (Lipinski definition) is 1. The summed E-state index contributed by atoms with van der Waals surface area (Å²) in [4.78, 5) is 25.7. The summed E-state index contributed by atoms with van der Waals surface area (Å²) in [7, 11) is 2.98. The van der Waals surface area contributed by atoms with Crippen LogP contribution in [-0.4, -0.2) is 44.0 Å². The molecule has 0 bridgehead atoms. The minimum absolute atomic E-state index is 0.148. The van der Waals surface area contributed by atoms with Crippen molar-refractivity contribution in [3.63, 3.8) is 0 Å². The van der Waals surface area contributed by atoms with Gasteiger partial charge < -0.3 is 19.7 Å². The Morgan fingerprint density at radius 2 is 1.85 bits per heavy atom. The standard InChI is InChI=1S/C20H23FN2O4/c1-4-27-16-8-6-15(7-9-16)20(25)22-12-19(24)23(2)13-14-5-10-18(26-3)17(21)11-14/h5-11H,4,12-13H2,1-3H3,(H,22,25). The quantitative estimate of drug-likeness (QED) is 0.771. The fraction of sp³-hybridized carbons (Fsp3) is 0.300. The van der Waals surface area contributed by atoms with E-state index in [4.69, 9.17) is 9.47 Å². The predicted molar refractivity (Wildman–Crippen MR) is 99.4 cm³/mol. The van der Waals surface area contributed by atoms with Crippen molar-refractivity contribution in [2.45, 2.75) is 13.5 Å². The third kappa shape index (κ3) is 5.70. The van der Waals surface area contributed by atoms with E-state index in [9.17, 15) is 14.0 Å². The predicted octanol–water partition coefficient (Wildman–Crippen LogP) is 2.62. The first-order valence-corrected chi connectivity index (χ1v) is 8.52. The fourth-order valence-corrected chi connectivity index (χ4v) is 2.43. The number of hydrogen-bond acceptors (Lipinski definition) is 4. The first-order valence-electron chi connectivity index (χ1n) is 8.52. The van der Waals surface area contributed by atoms with Gasteiger partial charge in [0.05, 0.1) is 20.3 Å². The van der Waals surface area contributed by atoms with Crippen LogP contribution < -0.4 is 14.8 Å². The molecule has 1 N–H and O–H groups in total. The molecule has 6 nitrogen and oxygen atoms in total. The van der Waals surface area contributed by atoms with Crippen molar-refractivity contribution in [3.05, 3.63) is 59.4 Å². The number of methoxy groups -OCH3 is 1. The van der Waals surface area contributed by atoms with Crippen LogP contribution in [0.4, 0.5) is 4.39 Å². The van der Waals surface area contributed by atoms with E-state index in [2.05, 4.69) is 5.32 Å². The second-order valence-electron chi connectivity index (χ2n) is 5.86. The summed E-state index contributed by atoms with van der Waals surface area (Å²) in [6.07, 6.45) is 0. The van der Waals surface area contributed by atoms with Gasteiger partial charge in [-0.2, -0.15) is 0 Å². The van der Waals surface area contributed by atoms with Gasteiger partial charge in [0.15, 0.2) is 11.6 Å². The molecule has 0 saturated carbocycles. The maximum atomic E-state index is 13.7. The number of carbonyl (C=O) groups is 2. The van der Waals surface area contributed by atoms with Gasteiger partial charge in [0, 0.05) is 19.2 Å². The van der Waals surface area contributed by atoms with Gasteiger partial charge in [0.1, 0.15) is 5.75 Å². The molecule has 0 atom stereocenters. The van der Waals surface area contributed by atoms with Crippen LogP contribution in [0, 0.1) is 5.82 Å². The lowest BCUT2D eigenvalue weighted by atomic mass is 10.2. The molecule has 27 heavy (non-hydrogen) atoms. The van der Waals surface area contributed by atoms with Gasteiger partial charge in [0.2, 0.25) is 5.91 Å². The van der Waals surface area contributed by atoms with E-state index in [1.54, 1.807) is 37.4 Å². The molecule has 0 radical (unpaired) electrons. The topological polar surface area (TPSA) is 67.9 Å². The molecule has 2 aromatic carbocycles. The summed E-state index contributed by atoms with van der Waals surface area (Å²) < 4.78 is 23.9. The smallest absolute Gasteiger partial charge is 0.251 e. The molecule has 0 fully saturated rings. The van der Waals surface area contributed by atoms with Gasteiger partial charge >= 0.3 is 0 Å². The summed E-state index contributed by atoms with van der Waals surface area (Å²) in [5.74, 6) is -0.299. The molecule has 2 rings (SSSR count). The fourth-order valence-electron chi connectivity index (χ4n) is 2.43. The maximum absolute atomic E-state index is 13.7. The number of benzene rings is 2. The summed E-state index contributed by atoms with van der Waals surface area (Å²) >= 11 is 0. The SMILES string of the molecule is CCOc1ccc(C(=O)NCC(=O)N(C)Cc2ccc(OC)c(F)c2)cc1. The molecule has 0 aliphatic rings. The summed E-state index contributed by atoms with van der Waals surface area (Å²) in [6.45, 7) is 2.49. The lowest BCUT2D eigenvalue weighted by Gasteiger charge is -2.18. The van der Waals surface area contributed by atoms with Crippen molar-refractivity contribution in [1.82, 2.24) is 10.2 Å².